The van der Waals surface area contributed by atoms with Crippen LogP contribution in [0.25, 0.3) is 0 Å². The molecule has 0 radical (unpaired) electrons. The highest BCUT2D eigenvalue weighted by Gasteiger charge is 2.34. The Hall–Kier alpha value is -0.830. The summed E-state index contributed by atoms with van der Waals surface area (Å²) in [6.07, 6.45) is 4.90. The Morgan fingerprint density at radius 1 is 1.50 bits per heavy atom. The molecule has 1 fully saturated rings. The Morgan fingerprint density at radius 2 is 2.17 bits per heavy atom. The first-order valence-electron chi connectivity index (χ1n) is 8.59. The van der Waals surface area contributed by atoms with Gasteiger partial charge in [0.15, 0.2) is 5.96 Å². The Balaban J connectivity index is 0.00000288. The quantitative estimate of drug-likeness (QED) is 0.398. The van der Waals surface area contributed by atoms with Crippen molar-refractivity contribution < 1.29 is 5.11 Å². The molecular weight excluding hydrogens is 417 g/mol. The number of nitrogens with one attached hydrogen (secondary N) is 1. The molecule has 1 aliphatic rings. The van der Waals surface area contributed by atoms with Crippen LogP contribution < -0.4 is 5.32 Å². The molecule has 1 aromatic heterocycles. The molecule has 0 aromatic carbocycles. The Labute approximate surface area is 162 Å². The number of rotatable bonds is 6. The third-order valence-electron chi connectivity index (χ3n) is 4.40. The van der Waals surface area contributed by atoms with Crippen molar-refractivity contribution >= 4 is 29.9 Å². The van der Waals surface area contributed by atoms with Gasteiger partial charge in [-0.15, -0.1) is 24.0 Å². The molecule has 1 aromatic rings. The number of hydrogen-bond acceptors (Lipinski definition) is 3. The van der Waals surface area contributed by atoms with Gasteiger partial charge in [0.05, 0.1) is 17.8 Å². The largest absolute Gasteiger partial charge is 0.388 e. The molecule has 2 rings (SSSR count). The van der Waals surface area contributed by atoms with Gasteiger partial charge >= 0.3 is 0 Å². The van der Waals surface area contributed by atoms with Gasteiger partial charge in [0.2, 0.25) is 0 Å². The van der Waals surface area contributed by atoms with E-state index in [0.717, 1.165) is 44.0 Å². The van der Waals surface area contributed by atoms with Gasteiger partial charge in [-0.3, -0.25) is 9.67 Å². The molecular formula is C17H32IN5O. The van der Waals surface area contributed by atoms with Crippen LogP contribution in [-0.2, 0) is 13.6 Å². The molecule has 6 nitrogen and oxygen atoms in total. The summed E-state index contributed by atoms with van der Waals surface area (Å²) < 4.78 is 1.87. The molecule has 1 aliphatic carbocycles. The van der Waals surface area contributed by atoms with E-state index in [2.05, 4.69) is 47.3 Å². The third kappa shape index (κ3) is 5.34. The normalized spacial score (nSPS) is 16.5. The van der Waals surface area contributed by atoms with Crippen LogP contribution in [0.5, 0.6) is 0 Å². The topological polar surface area (TPSA) is 65.7 Å². The van der Waals surface area contributed by atoms with E-state index in [0.29, 0.717) is 12.5 Å². The summed E-state index contributed by atoms with van der Waals surface area (Å²) >= 11 is 0. The van der Waals surface area contributed by atoms with E-state index in [-0.39, 0.29) is 24.0 Å². The second-order valence-electron chi connectivity index (χ2n) is 6.97. The summed E-state index contributed by atoms with van der Waals surface area (Å²) in [5.41, 5.74) is 1.77. The van der Waals surface area contributed by atoms with Crippen LogP contribution in [0.1, 0.15) is 57.2 Å². The average molecular weight is 449 g/mol. The van der Waals surface area contributed by atoms with E-state index < -0.39 is 5.60 Å². The molecule has 138 valence electrons. The Bertz CT molecular complexity index is 551. The molecule has 0 aliphatic heterocycles. The molecule has 0 spiro atoms. The maximum Gasteiger partial charge on any atom is 0.194 e. The van der Waals surface area contributed by atoms with Gasteiger partial charge in [-0.2, -0.15) is 5.10 Å². The molecule has 1 heterocycles. The number of aliphatic hydroxyl groups is 1. The maximum absolute atomic E-state index is 10.3. The minimum absolute atomic E-state index is 0. The molecule has 0 atom stereocenters. The fourth-order valence-corrected chi connectivity index (χ4v) is 2.93. The lowest BCUT2D eigenvalue weighted by atomic mass is 9.80. The third-order valence-corrected chi connectivity index (χ3v) is 4.40. The van der Waals surface area contributed by atoms with Crippen LogP contribution >= 0.6 is 24.0 Å². The van der Waals surface area contributed by atoms with Crippen LogP contribution in [0.4, 0.5) is 0 Å². The van der Waals surface area contributed by atoms with Gasteiger partial charge in [-0.05, 0) is 32.1 Å². The molecule has 0 amide bonds. The fourth-order valence-electron chi connectivity index (χ4n) is 2.93. The smallest absolute Gasteiger partial charge is 0.194 e. The highest BCUT2D eigenvalue weighted by Crippen LogP contribution is 2.31. The number of aliphatic imine (C=N–C) groups is 1. The van der Waals surface area contributed by atoms with E-state index in [1.165, 1.54) is 5.56 Å². The zero-order valence-electron chi connectivity index (χ0n) is 15.5. The number of hydrogen-bond donors (Lipinski definition) is 2. The number of aryl methyl sites for hydroxylation is 1. The Morgan fingerprint density at radius 3 is 2.67 bits per heavy atom. The zero-order chi connectivity index (χ0) is 17.0. The van der Waals surface area contributed by atoms with Crippen molar-refractivity contribution in [3.8, 4) is 0 Å². The molecule has 0 saturated heterocycles. The van der Waals surface area contributed by atoms with Gasteiger partial charge in [0.25, 0.3) is 0 Å². The summed E-state index contributed by atoms with van der Waals surface area (Å²) in [4.78, 5) is 6.74. The minimum atomic E-state index is -0.584. The molecule has 24 heavy (non-hydrogen) atoms. The number of aromatic nitrogens is 2. The van der Waals surface area contributed by atoms with Crippen LogP contribution in [0.2, 0.25) is 0 Å². The van der Waals surface area contributed by atoms with Crippen molar-refractivity contribution in [1.82, 2.24) is 20.0 Å². The molecule has 0 bridgehead atoms. The first-order valence-corrected chi connectivity index (χ1v) is 8.59. The SMILES string of the molecule is CCNC(=NCC1(O)CCC1)N(C)Cc1cn(C)nc1C(C)C.I. The average Bonchev–Trinajstić information content (AvgIpc) is 2.82. The maximum atomic E-state index is 10.3. The van der Waals surface area contributed by atoms with E-state index >= 15 is 0 Å². The number of guanidine groups is 1. The summed E-state index contributed by atoms with van der Waals surface area (Å²) in [6.45, 7) is 8.43. The lowest BCUT2D eigenvalue weighted by molar-refractivity contribution is -0.0237. The van der Waals surface area contributed by atoms with Crippen molar-refractivity contribution in [2.24, 2.45) is 12.0 Å². The van der Waals surface area contributed by atoms with Crippen molar-refractivity contribution in [3.63, 3.8) is 0 Å². The molecule has 2 N–H and O–H groups in total. The lowest BCUT2D eigenvalue weighted by Gasteiger charge is -2.35. The minimum Gasteiger partial charge on any atom is -0.388 e. The zero-order valence-corrected chi connectivity index (χ0v) is 17.9. The van der Waals surface area contributed by atoms with Crippen molar-refractivity contribution in [1.29, 1.82) is 0 Å². The van der Waals surface area contributed by atoms with Crippen LogP contribution in [0, 0.1) is 0 Å². The van der Waals surface area contributed by atoms with Crippen LogP contribution in [0.15, 0.2) is 11.2 Å². The second-order valence-corrected chi connectivity index (χ2v) is 6.97. The van der Waals surface area contributed by atoms with Gasteiger partial charge in [0.1, 0.15) is 0 Å². The summed E-state index contributed by atoms with van der Waals surface area (Å²) in [6, 6.07) is 0. The van der Waals surface area contributed by atoms with E-state index in [1.807, 2.05) is 18.8 Å². The van der Waals surface area contributed by atoms with Gasteiger partial charge in [-0.25, -0.2) is 0 Å². The number of halogens is 1. The van der Waals surface area contributed by atoms with Gasteiger partial charge in [0, 0.05) is 38.9 Å². The van der Waals surface area contributed by atoms with E-state index in [9.17, 15) is 5.11 Å². The van der Waals surface area contributed by atoms with Gasteiger partial charge < -0.3 is 15.3 Å². The van der Waals surface area contributed by atoms with Crippen molar-refractivity contribution in [3.05, 3.63) is 17.5 Å². The van der Waals surface area contributed by atoms with Gasteiger partial charge in [-0.1, -0.05) is 13.8 Å². The van der Waals surface area contributed by atoms with Crippen LogP contribution in [0.3, 0.4) is 0 Å². The second kappa shape index (κ2) is 9.03. The highest BCUT2D eigenvalue weighted by molar-refractivity contribution is 14.0. The summed E-state index contributed by atoms with van der Waals surface area (Å²) in [5, 5.41) is 18.1. The first kappa shape index (κ1) is 21.2. The predicted molar refractivity (Wildman–Crippen MR) is 109 cm³/mol. The standard InChI is InChI=1S/C17H31N5O.HI/c1-6-18-16(19-12-17(23)8-7-9-17)21(4)10-14-11-22(5)20-15(14)13(2)3;/h11,13,23H,6-10,12H2,1-5H3,(H,18,19);1H. The number of nitrogens with zero attached hydrogens (tertiary/aromatic N) is 4. The van der Waals surface area contributed by atoms with E-state index in [4.69, 9.17) is 0 Å². The van der Waals surface area contributed by atoms with Crippen molar-refractivity contribution in [2.75, 3.05) is 20.1 Å². The monoisotopic (exact) mass is 449 g/mol. The predicted octanol–water partition coefficient (Wildman–Crippen LogP) is 2.47. The summed E-state index contributed by atoms with van der Waals surface area (Å²) in [7, 11) is 3.99. The molecule has 1 saturated carbocycles. The first-order chi connectivity index (χ1) is 10.8. The Kier molecular flexibility index (Phi) is 7.98. The lowest BCUT2D eigenvalue weighted by Crippen LogP contribution is -2.43. The summed E-state index contributed by atoms with van der Waals surface area (Å²) in [5.74, 6) is 1.24. The van der Waals surface area contributed by atoms with Crippen molar-refractivity contribution in [2.45, 2.75) is 58.1 Å². The highest BCUT2D eigenvalue weighted by atomic mass is 127. The molecule has 7 heteroatoms. The molecule has 0 unspecified atom stereocenters. The fraction of sp³-hybridized carbons (Fsp3) is 0.765. The van der Waals surface area contributed by atoms with E-state index in [1.54, 1.807) is 0 Å². The van der Waals surface area contributed by atoms with Crippen LogP contribution in [-0.4, -0.2) is 51.5 Å².